The zero-order chi connectivity index (χ0) is 35.3. The maximum Gasteiger partial charge on any atom is 0.459 e. The van der Waals surface area contributed by atoms with E-state index >= 15 is 0 Å². The molecule has 258 valence electrons. The predicted molar refractivity (Wildman–Crippen MR) is 78.9 cm³/mol. The summed E-state index contributed by atoms with van der Waals surface area (Å²) < 4.78 is 347. The smallest absolute Gasteiger partial charge is 0.370 e. The SMILES string of the molecule is FC(F)(F)C(F)(F)C(F)(F)C(CC1OC1CC(C(F)(F)F)(C(F)(F)F)C(F)(F)C(F)(F)C(F)(F)F)(C(F)(F)F)C(F)(F)F. The molecule has 1 heterocycles. The lowest BCUT2D eigenvalue weighted by Crippen LogP contribution is -2.71. The molecule has 2 unspecified atom stereocenters. The van der Waals surface area contributed by atoms with Crippen molar-refractivity contribution in [1.29, 1.82) is 0 Å². The van der Waals surface area contributed by atoms with E-state index in [0.717, 1.165) is 0 Å². The normalized spacial score (nSPS) is 21.3. The van der Waals surface area contributed by atoms with Crippen molar-refractivity contribution in [3.63, 3.8) is 0 Å². The topological polar surface area (TPSA) is 12.5 Å². The Labute approximate surface area is 217 Å². The summed E-state index contributed by atoms with van der Waals surface area (Å²) in [5, 5.41) is 0. The molecule has 1 aliphatic heterocycles. The third-order valence-electron chi connectivity index (χ3n) is 6.21. The Kier molecular flexibility index (Phi) is 8.94. The number of hydrogen-bond acceptors (Lipinski definition) is 1. The molecule has 0 radical (unpaired) electrons. The van der Waals surface area contributed by atoms with Crippen molar-refractivity contribution in [3.05, 3.63) is 0 Å². The lowest BCUT2D eigenvalue weighted by atomic mass is 9.69. The molecule has 0 aromatic heterocycles. The van der Waals surface area contributed by atoms with Gasteiger partial charge in [0.2, 0.25) is 10.8 Å². The Hall–Kier alpha value is -1.86. The fourth-order valence-electron chi connectivity index (χ4n) is 3.79. The molecule has 1 saturated heterocycles. The monoisotopic (exact) mass is 708 g/mol. The highest BCUT2D eigenvalue weighted by Gasteiger charge is 2.95. The van der Waals surface area contributed by atoms with Crippen molar-refractivity contribution in [2.45, 2.75) is 85.8 Å². The van der Waals surface area contributed by atoms with Crippen LogP contribution in [0.5, 0.6) is 0 Å². The first kappa shape index (κ1) is 39.2. The van der Waals surface area contributed by atoms with Crippen molar-refractivity contribution in [2.24, 2.45) is 10.8 Å². The number of rotatable bonds is 8. The lowest BCUT2D eigenvalue weighted by molar-refractivity contribution is -0.464. The van der Waals surface area contributed by atoms with Crippen molar-refractivity contribution < 1.29 is 119 Å². The van der Waals surface area contributed by atoms with E-state index in [1.165, 1.54) is 0 Å². The third-order valence-corrected chi connectivity index (χ3v) is 6.21. The molecule has 0 saturated carbocycles. The first-order valence-electron chi connectivity index (χ1n) is 9.74. The van der Waals surface area contributed by atoms with Gasteiger partial charge in [-0.05, 0) is 0 Å². The molecule has 1 nitrogen and oxygen atoms in total. The minimum absolute atomic E-state index is 3.28. The van der Waals surface area contributed by atoms with Gasteiger partial charge >= 0.3 is 60.7 Å². The van der Waals surface area contributed by atoms with Crippen LogP contribution in [0.2, 0.25) is 0 Å². The molecule has 2 atom stereocenters. The summed E-state index contributed by atoms with van der Waals surface area (Å²) >= 11 is 0. The first-order valence-corrected chi connectivity index (χ1v) is 9.74. The summed E-state index contributed by atoms with van der Waals surface area (Å²) in [6.07, 6.45) is -65.4. The van der Waals surface area contributed by atoms with Gasteiger partial charge in [0.15, 0.2) is 0 Å². The van der Waals surface area contributed by atoms with E-state index in [2.05, 4.69) is 4.74 Å². The molecule has 0 spiro atoms. The summed E-state index contributed by atoms with van der Waals surface area (Å²) in [6, 6.07) is 0. The number of ether oxygens (including phenoxy) is 1. The van der Waals surface area contributed by atoms with E-state index in [4.69, 9.17) is 0 Å². The van der Waals surface area contributed by atoms with Crippen LogP contribution in [0.1, 0.15) is 12.8 Å². The Morgan fingerprint density at radius 2 is 0.465 bits per heavy atom. The standard InChI is InChI=1S/C16H6F26O/c17-7(18,9(21,22)15(37,38)39)5(11(25,26)27,12(28,29)30)1-3-4(43-3)2-6(13(31,32)33,14(34,35)36)8(19,20)10(23,24)16(40,41)42/h3-4H,1-2H2. The van der Waals surface area contributed by atoms with Gasteiger partial charge in [-0.15, -0.1) is 0 Å². The largest absolute Gasteiger partial charge is 0.459 e. The summed E-state index contributed by atoms with van der Waals surface area (Å²) in [7, 11) is 0. The summed E-state index contributed by atoms with van der Waals surface area (Å²) in [6.45, 7) is 0. The lowest BCUT2D eigenvalue weighted by Gasteiger charge is -2.45. The minimum Gasteiger partial charge on any atom is -0.370 e. The average molecular weight is 708 g/mol. The van der Waals surface area contributed by atoms with E-state index in [1.54, 1.807) is 0 Å². The molecule has 1 fully saturated rings. The number of hydrogen-bond donors (Lipinski definition) is 0. The van der Waals surface area contributed by atoms with Gasteiger partial charge < -0.3 is 4.74 Å². The third kappa shape index (κ3) is 5.38. The number of epoxide rings is 1. The molecule has 0 aliphatic carbocycles. The second-order valence-corrected chi connectivity index (χ2v) is 8.72. The zero-order valence-corrected chi connectivity index (χ0v) is 18.8. The van der Waals surface area contributed by atoms with Gasteiger partial charge in [-0.25, -0.2) is 0 Å². The molecule has 0 amide bonds. The van der Waals surface area contributed by atoms with Crippen LogP contribution >= 0.6 is 0 Å². The van der Waals surface area contributed by atoms with Crippen LogP contribution in [0, 0.1) is 10.8 Å². The highest BCUT2D eigenvalue weighted by Crippen LogP contribution is 2.71. The van der Waals surface area contributed by atoms with Crippen molar-refractivity contribution >= 4 is 0 Å². The van der Waals surface area contributed by atoms with Gasteiger partial charge in [0, 0.05) is 12.8 Å². The number of alkyl halides is 26. The van der Waals surface area contributed by atoms with Crippen LogP contribution in [0.4, 0.5) is 114 Å². The van der Waals surface area contributed by atoms with Gasteiger partial charge in [-0.3, -0.25) is 0 Å². The molecule has 0 N–H and O–H groups in total. The minimum atomic E-state index is -8.52. The Morgan fingerprint density at radius 1 is 0.279 bits per heavy atom. The van der Waals surface area contributed by atoms with Crippen LogP contribution in [-0.2, 0) is 4.74 Å². The summed E-state index contributed by atoms with van der Waals surface area (Å²) in [4.78, 5) is 0. The maximum atomic E-state index is 14.0. The average Bonchev–Trinajstić information content (AvgIpc) is 3.41. The molecule has 1 rings (SSSR count). The van der Waals surface area contributed by atoms with Crippen LogP contribution in [0.3, 0.4) is 0 Å². The highest BCUT2D eigenvalue weighted by molar-refractivity contribution is 5.17. The summed E-state index contributed by atoms with van der Waals surface area (Å²) in [5.74, 6) is -33.8. The zero-order valence-electron chi connectivity index (χ0n) is 18.8. The highest BCUT2D eigenvalue weighted by atomic mass is 19.5. The molecule has 1 aliphatic rings. The molecular weight excluding hydrogens is 702 g/mol. The first-order chi connectivity index (χ1) is 18.2. The molecule has 0 aromatic carbocycles. The van der Waals surface area contributed by atoms with Crippen LogP contribution in [0.25, 0.3) is 0 Å². The van der Waals surface area contributed by atoms with Gasteiger partial charge in [0.25, 0.3) is 0 Å². The van der Waals surface area contributed by atoms with Crippen molar-refractivity contribution in [2.75, 3.05) is 0 Å². The maximum absolute atomic E-state index is 14.0. The van der Waals surface area contributed by atoms with Gasteiger partial charge in [0.1, 0.15) is 0 Å². The fraction of sp³-hybridized carbons (Fsp3) is 1.00. The van der Waals surface area contributed by atoms with E-state index in [1.807, 2.05) is 0 Å². The Morgan fingerprint density at radius 3 is 0.605 bits per heavy atom. The Bertz CT molecular complexity index is 889. The van der Waals surface area contributed by atoms with Crippen molar-refractivity contribution in [3.8, 4) is 0 Å². The van der Waals surface area contributed by atoms with E-state index in [9.17, 15) is 114 Å². The van der Waals surface area contributed by atoms with Gasteiger partial charge in [0.05, 0.1) is 12.2 Å². The molecule has 0 bridgehead atoms. The molecule has 0 aromatic rings. The Balaban J connectivity index is 3.94. The van der Waals surface area contributed by atoms with Gasteiger partial charge in [-0.1, -0.05) is 0 Å². The second kappa shape index (κ2) is 9.82. The van der Waals surface area contributed by atoms with Crippen LogP contribution in [-0.4, -0.2) is 73.0 Å². The van der Waals surface area contributed by atoms with E-state index in [-0.39, 0.29) is 0 Å². The second-order valence-electron chi connectivity index (χ2n) is 8.72. The molecule has 27 heteroatoms. The molecule has 43 heavy (non-hydrogen) atoms. The van der Waals surface area contributed by atoms with Crippen LogP contribution < -0.4 is 0 Å². The fourth-order valence-corrected chi connectivity index (χ4v) is 3.79. The number of halogens is 26. The van der Waals surface area contributed by atoms with Crippen LogP contribution in [0.15, 0.2) is 0 Å². The van der Waals surface area contributed by atoms with Crippen molar-refractivity contribution in [1.82, 2.24) is 0 Å². The summed E-state index contributed by atoms with van der Waals surface area (Å²) in [5.41, 5.74) is -15.7. The van der Waals surface area contributed by atoms with Gasteiger partial charge in [-0.2, -0.15) is 114 Å². The van der Waals surface area contributed by atoms with E-state index in [0.29, 0.717) is 0 Å². The molecular formula is C16H6F26O. The quantitative estimate of drug-likeness (QED) is 0.181. The van der Waals surface area contributed by atoms with E-state index < -0.39 is 96.6 Å². The predicted octanol–water partition coefficient (Wildman–Crippen LogP) is 9.42.